The number of carbonyl (C=O) groups excluding carboxylic acids is 2. The van der Waals surface area contributed by atoms with Gasteiger partial charge in [0.05, 0.1) is 18.2 Å². The number of carbonyl (C=O) groups is 2. The van der Waals surface area contributed by atoms with Gasteiger partial charge in [0.2, 0.25) is 0 Å². The van der Waals surface area contributed by atoms with Gasteiger partial charge in [-0.2, -0.15) is 0 Å². The third kappa shape index (κ3) is 4.67. The monoisotopic (exact) mass is 383 g/mol. The number of amides is 2. The molecular weight excluding hydrogens is 358 g/mol. The van der Waals surface area contributed by atoms with Gasteiger partial charge >= 0.3 is 0 Å². The first-order valence-corrected chi connectivity index (χ1v) is 9.47. The van der Waals surface area contributed by atoms with Crippen LogP contribution in [0.25, 0.3) is 0 Å². The minimum absolute atomic E-state index is 0.0743. The molecule has 1 saturated carbocycles. The van der Waals surface area contributed by atoms with Gasteiger partial charge in [-0.1, -0.05) is 30.3 Å². The highest BCUT2D eigenvalue weighted by molar-refractivity contribution is 5.99. The molecule has 7 nitrogen and oxygen atoms in total. The predicted molar refractivity (Wildman–Crippen MR) is 105 cm³/mol. The van der Waals surface area contributed by atoms with Gasteiger partial charge < -0.3 is 20.3 Å². The highest BCUT2D eigenvalue weighted by Crippen LogP contribution is 2.18. The van der Waals surface area contributed by atoms with E-state index in [0.29, 0.717) is 6.42 Å². The second-order valence-electron chi connectivity index (χ2n) is 7.13. The Bertz CT molecular complexity index is 908. The van der Waals surface area contributed by atoms with Crippen LogP contribution in [0.4, 0.5) is 0 Å². The number of rotatable bonds is 5. The van der Waals surface area contributed by atoms with E-state index >= 15 is 0 Å². The summed E-state index contributed by atoms with van der Waals surface area (Å²) in [7, 11) is 1.44. The molecule has 28 heavy (non-hydrogen) atoms. The van der Waals surface area contributed by atoms with Crippen molar-refractivity contribution < 1.29 is 14.7 Å². The molecule has 1 aromatic heterocycles. The average molecular weight is 383 g/mol. The first-order valence-electron chi connectivity index (χ1n) is 9.47. The number of hydrogen-bond acceptors (Lipinski definition) is 4. The summed E-state index contributed by atoms with van der Waals surface area (Å²) in [6, 6.07) is 10.6. The molecule has 2 amide bonds. The number of nitrogens with one attached hydrogen (secondary N) is 2. The Balaban J connectivity index is 1.91. The van der Waals surface area contributed by atoms with Gasteiger partial charge in [-0.3, -0.25) is 14.4 Å². The maximum Gasteiger partial charge on any atom is 0.263 e. The maximum atomic E-state index is 12.8. The van der Waals surface area contributed by atoms with E-state index in [-0.39, 0.29) is 29.6 Å². The number of benzene rings is 1. The number of aromatic nitrogens is 1. The van der Waals surface area contributed by atoms with Crippen molar-refractivity contribution in [1.82, 2.24) is 15.2 Å². The lowest BCUT2D eigenvalue weighted by Gasteiger charge is -2.26. The molecule has 0 radical (unpaired) electrons. The topological polar surface area (TPSA) is 100 Å². The largest absolute Gasteiger partial charge is 0.393 e. The lowest BCUT2D eigenvalue weighted by Crippen LogP contribution is -2.40. The summed E-state index contributed by atoms with van der Waals surface area (Å²) in [5.41, 5.74) is 0.609. The quantitative estimate of drug-likeness (QED) is 0.724. The Morgan fingerprint density at radius 1 is 1.18 bits per heavy atom. The van der Waals surface area contributed by atoms with Gasteiger partial charge in [-0.05, 0) is 37.3 Å². The number of hydrogen-bond donors (Lipinski definition) is 3. The van der Waals surface area contributed by atoms with Gasteiger partial charge in [-0.15, -0.1) is 0 Å². The summed E-state index contributed by atoms with van der Waals surface area (Å²) in [6.07, 6.45) is 3.98. The van der Waals surface area contributed by atoms with Crippen molar-refractivity contribution in [3.05, 3.63) is 69.6 Å². The lowest BCUT2D eigenvalue weighted by molar-refractivity contribution is 0.0849. The van der Waals surface area contributed by atoms with Crippen LogP contribution in [0.3, 0.4) is 0 Å². The second kappa shape index (κ2) is 8.84. The average Bonchev–Trinajstić information content (AvgIpc) is 2.69. The molecule has 1 heterocycles. The molecule has 1 aliphatic rings. The Morgan fingerprint density at radius 3 is 2.61 bits per heavy atom. The van der Waals surface area contributed by atoms with Crippen LogP contribution in [0.1, 0.15) is 52.0 Å². The summed E-state index contributed by atoms with van der Waals surface area (Å²) < 4.78 is 1.38. The summed E-state index contributed by atoms with van der Waals surface area (Å²) in [5, 5.41) is 15.2. The SMILES string of the molecule is CNC(=O)c1cc(C(=O)N[C@@H]2CCC[C@H](O)C2)cn(Cc2ccccc2)c1=O. The van der Waals surface area contributed by atoms with Crippen LogP contribution >= 0.6 is 0 Å². The third-order valence-corrected chi connectivity index (χ3v) is 5.00. The van der Waals surface area contributed by atoms with Gasteiger partial charge in [0, 0.05) is 19.3 Å². The summed E-state index contributed by atoms with van der Waals surface area (Å²) in [6.45, 7) is 0.257. The minimum Gasteiger partial charge on any atom is -0.393 e. The molecule has 2 atom stereocenters. The second-order valence-corrected chi connectivity index (χ2v) is 7.13. The molecule has 1 fully saturated rings. The van der Waals surface area contributed by atoms with E-state index in [2.05, 4.69) is 10.6 Å². The van der Waals surface area contributed by atoms with Crippen LogP contribution in [-0.2, 0) is 6.54 Å². The molecule has 0 spiro atoms. The van der Waals surface area contributed by atoms with E-state index in [4.69, 9.17) is 0 Å². The molecule has 1 aliphatic carbocycles. The number of aliphatic hydroxyl groups is 1. The van der Waals surface area contributed by atoms with Crippen LogP contribution in [-0.4, -0.2) is 40.7 Å². The molecule has 0 unspecified atom stereocenters. The van der Waals surface area contributed by atoms with E-state index in [1.54, 1.807) is 0 Å². The number of pyridine rings is 1. The molecule has 7 heteroatoms. The fourth-order valence-electron chi connectivity index (χ4n) is 3.52. The van der Waals surface area contributed by atoms with Crippen molar-refractivity contribution >= 4 is 11.8 Å². The van der Waals surface area contributed by atoms with Gasteiger partial charge in [0.1, 0.15) is 5.56 Å². The van der Waals surface area contributed by atoms with Crippen LogP contribution in [0.15, 0.2) is 47.4 Å². The van der Waals surface area contributed by atoms with Gasteiger partial charge in [0.15, 0.2) is 0 Å². The van der Waals surface area contributed by atoms with Crippen molar-refractivity contribution in [3.8, 4) is 0 Å². The minimum atomic E-state index is -0.533. The lowest BCUT2D eigenvalue weighted by atomic mass is 9.93. The van der Waals surface area contributed by atoms with Crippen LogP contribution < -0.4 is 16.2 Å². The van der Waals surface area contributed by atoms with Gasteiger partial charge in [0.25, 0.3) is 17.4 Å². The van der Waals surface area contributed by atoms with Gasteiger partial charge in [-0.25, -0.2) is 0 Å². The normalized spacial score (nSPS) is 19.1. The Kier molecular flexibility index (Phi) is 6.26. The Morgan fingerprint density at radius 2 is 1.93 bits per heavy atom. The first kappa shape index (κ1) is 19.8. The molecule has 3 N–H and O–H groups in total. The van der Waals surface area contributed by atoms with E-state index in [1.165, 1.54) is 23.9 Å². The van der Waals surface area contributed by atoms with Crippen LogP contribution in [0.5, 0.6) is 0 Å². The number of aliphatic hydroxyl groups excluding tert-OH is 1. The van der Waals surface area contributed by atoms with Crippen molar-refractivity contribution in [3.63, 3.8) is 0 Å². The van der Waals surface area contributed by atoms with Crippen molar-refractivity contribution in [2.45, 2.75) is 44.4 Å². The van der Waals surface area contributed by atoms with E-state index in [9.17, 15) is 19.5 Å². The molecule has 0 saturated heterocycles. The summed E-state index contributed by atoms with van der Waals surface area (Å²) in [4.78, 5) is 37.6. The van der Waals surface area contributed by atoms with E-state index in [1.807, 2.05) is 30.3 Å². The van der Waals surface area contributed by atoms with Crippen molar-refractivity contribution in [2.75, 3.05) is 7.05 Å². The fraction of sp³-hybridized carbons (Fsp3) is 0.381. The molecule has 1 aromatic carbocycles. The Labute approximate surface area is 163 Å². The highest BCUT2D eigenvalue weighted by Gasteiger charge is 2.23. The van der Waals surface area contributed by atoms with Crippen molar-refractivity contribution in [2.24, 2.45) is 0 Å². The highest BCUT2D eigenvalue weighted by atomic mass is 16.3. The maximum absolute atomic E-state index is 12.8. The zero-order valence-corrected chi connectivity index (χ0v) is 15.9. The van der Waals surface area contributed by atoms with E-state index < -0.39 is 17.6 Å². The molecule has 0 bridgehead atoms. The van der Waals surface area contributed by atoms with Crippen LogP contribution in [0.2, 0.25) is 0 Å². The number of nitrogens with zero attached hydrogens (tertiary/aromatic N) is 1. The molecule has 148 valence electrons. The zero-order valence-electron chi connectivity index (χ0n) is 15.9. The molecular formula is C21H25N3O4. The zero-order chi connectivity index (χ0) is 20.1. The standard InChI is InChI=1S/C21H25N3O4/c1-22-20(27)18-10-15(19(26)23-16-8-5-9-17(25)11-16)13-24(21(18)28)12-14-6-3-2-4-7-14/h2-4,6-7,10,13,16-17,25H,5,8-9,11-12H2,1H3,(H,22,27)(H,23,26)/t16-,17+/m1/s1. The van der Waals surface area contributed by atoms with Crippen molar-refractivity contribution in [1.29, 1.82) is 0 Å². The third-order valence-electron chi connectivity index (χ3n) is 5.00. The first-order chi connectivity index (χ1) is 13.5. The molecule has 2 aromatic rings. The summed E-state index contributed by atoms with van der Waals surface area (Å²) in [5.74, 6) is -0.888. The Hall–Kier alpha value is -2.93. The van der Waals surface area contributed by atoms with E-state index in [0.717, 1.165) is 24.8 Å². The van der Waals surface area contributed by atoms with Crippen LogP contribution in [0, 0.1) is 0 Å². The fourth-order valence-corrected chi connectivity index (χ4v) is 3.52. The molecule has 3 rings (SSSR count). The predicted octanol–water partition coefficient (Wildman–Crippen LogP) is 1.29. The summed E-state index contributed by atoms with van der Waals surface area (Å²) >= 11 is 0. The smallest absolute Gasteiger partial charge is 0.263 e. The molecule has 0 aliphatic heterocycles.